The molecule has 2 aromatic rings. The number of piperidine rings is 1. The summed E-state index contributed by atoms with van der Waals surface area (Å²) in [5.74, 6) is 0.849. The number of anilines is 1. The third-order valence-electron chi connectivity index (χ3n) is 4.20. The predicted molar refractivity (Wildman–Crippen MR) is 86.5 cm³/mol. The van der Waals surface area contributed by atoms with E-state index >= 15 is 0 Å². The van der Waals surface area contributed by atoms with Crippen molar-refractivity contribution in [2.24, 2.45) is 0 Å². The smallest absolute Gasteiger partial charge is 0.249 e. The second-order valence-electron chi connectivity index (χ2n) is 5.97. The second-order valence-corrected chi connectivity index (χ2v) is 5.97. The molecule has 116 valence electrons. The Morgan fingerprint density at radius 3 is 3.05 bits per heavy atom. The molecule has 2 N–H and O–H groups in total. The molecule has 1 aliphatic rings. The Balaban J connectivity index is 1.77. The molecule has 1 amide bonds. The van der Waals surface area contributed by atoms with Crippen molar-refractivity contribution in [1.82, 2.24) is 19.9 Å². The first-order chi connectivity index (χ1) is 10.6. The van der Waals surface area contributed by atoms with Gasteiger partial charge in [0.1, 0.15) is 17.8 Å². The zero-order valence-electron chi connectivity index (χ0n) is 13.0. The number of aromatic nitrogens is 3. The van der Waals surface area contributed by atoms with E-state index in [1.165, 1.54) is 0 Å². The normalized spacial score (nSPS) is 21.8. The summed E-state index contributed by atoms with van der Waals surface area (Å²) in [6, 6.07) is 2.40. The van der Waals surface area contributed by atoms with Crippen LogP contribution in [0.25, 0.3) is 11.0 Å². The lowest BCUT2D eigenvalue weighted by atomic mass is 9.98. The third kappa shape index (κ3) is 2.68. The van der Waals surface area contributed by atoms with Crippen molar-refractivity contribution in [3.63, 3.8) is 0 Å². The standard InChI is InChI=1S/C16H21N5O/c1-10(2)16(22)21-8-12(5-4-11(21)3)20-15-13-6-7-17-14(13)18-9-19-15/h6-7,9,11-12H,1,4-5,8H2,2-3H3,(H2,17,18,19,20). The number of carbonyl (C=O) groups is 1. The first-order valence-corrected chi connectivity index (χ1v) is 7.57. The maximum atomic E-state index is 12.2. The number of amides is 1. The molecule has 6 heteroatoms. The van der Waals surface area contributed by atoms with Gasteiger partial charge in [-0.25, -0.2) is 9.97 Å². The van der Waals surface area contributed by atoms with Crippen LogP contribution in [0.2, 0.25) is 0 Å². The number of hydrogen-bond acceptors (Lipinski definition) is 4. The molecule has 1 aliphatic heterocycles. The molecule has 0 bridgehead atoms. The van der Waals surface area contributed by atoms with Crippen LogP contribution in [0.1, 0.15) is 26.7 Å². The molecular formula is C16H21N5O. The summed E-state index contributed by atoms with van der Waals surface area (Å²) >= 11 is 0. The van der Waals surface area contributed by atoms with E-state index < -0.39 is 0 Å². The summed E-state index contributed by atoms with van der Waals surface area (Å²) in [5, 5.41) is 4.43. The fourth-order valence-electron chi connectivity index (χ4n) is 2.93. The maximum Gasteiger partial charge on any atom is 0.249 e. The third-order valence-corrected chi connectivity index (χ3v) is 4.20. The lowest BCUT2D eigenvalue weighted by Gasteiger charge is -2.38. The van der Waals surface area contributed by atoms with Gasteiger partial charge in [-0.1, -0.05) is 6.58 Å². The van der Waals surface area contributed by atoms with Gasteiger partial charge in [-0.2, -0.15) is 0 Å². The molecule has 0 aromatic carbocycles. The first kappa shape index (κ1) is 14.6. The number of nitrogens with one attached hydrogen (secondary N) is 2. The van der Waals surface area contributed by atoms with E-state index in [1.807, 2.05) is 17.2 Å². The van der Waals surface area contributed by atoms with Crippen LogP contribution in [0, 0.1) is 0 Å². The predicted octanol–water partition coefficient (Wildman–Crippen LogP) is 2.33. The summed E-state index contributed by atoms with van der Waals surface area (Å²) in [4.78, 5) is 25.8. The van der Waals surface area contributed by atoms with Crippen LogP contribution in [-0.2, 0) is 4.79 Å². The minimum Gasteiger partial charge on any atom is -0.365 e. The average Bonchev–Trinajstić information content (AvgIpc) is 2.98. The van der Waals surface area contributed by atoms with E-state index in [0.29, 0.717) is 12.1 Å². The molecule has 3 rings (SSSR count). The van der Waals surface area contributed by atoms with Gasteiger partial charge in [-0.05, 0) is 32.8 Å². The molecule has 6 nitrogen and oxygen atoms in total. The van der Waals surface area contributed by atoms with Crippen molar-refractivity contribution >= 4 is 22.8 Å². The number of fused-ring (bicyclic) bond motifs is 1. The Hall–Kier alpha value is -2.37. The van der Waals surface area contributed by atoms with Crippen molar-refractivity contribution in [2.45, 2.75) is 38.8 Å². The average molecular weight is 299 g/mol. The van der Waals surface area contributed by atoms with Gasteiger partial charge in [0.25, 0.3) is 0 Å². The number of rotatable bonds is 3. The fraction of sp³-hybridized carbons (Fsp3) is 0.438. The Morgan fingerprint density at radius 1 is 1.45 bits per heavy atom. The largest absolute Gasteiger partial charge is 0.365 e. The summed E-state index contributed by atoms with van der Waals surface area (Å²) in [7, 11) is 0. The Labute approximate surface area is 129 Å². The van der Waals surface area contributed by atoms with Gasteiger partial charge >= 0.3 is 0 Å². The molecule has 0 saturated carbocycles. The van der Waals surface area contributed by atoms with E-state index in [2.05, 4.69) is 33.8 Å². The molecule has 1 saturated heterocycles. The SMILES string of the molecule is C=C(C)C(=O)N1CC(Nc2ncnc3[nH]ccc23)CCC1C. The van der Waals surface area contributed by atoms with E-state index in [0.717, 1.165) is 29.7 Å². The Bertz CT molecular complexity index is 707. The van der Waals surface area contributed by atoms with Crippen molar-refractivity contribution in [3.05, 3.63) is 30.7 Å². The number of hydrogen-bond donors (Lipinski definition) is 2. The number of nitrogens with zero attached hydrogens (tertiary/aromatic N) is 3. The van der Waals surface area contributed by atoms with Gasteiger partial charge in [0, 0.05) is 30.4 Å². The number of aromatic amines is 1. The van der Waals surface area contributed by atoms with E-state index in [9.17, 15) is 4.79 Å². The van der Waals surface area contributed by atoms with Gasteiger partial charge in [-0.3, -0.25) is 4.79 Å². The van der Waals surface area contributed by atoms with E-state index in [-0.39, 0.29) is 18.0 Å². The van der Waals surface area contributed by atoms with Gasteiger partial charge in [-0.15, -0.1) is 0 Å². The molecule has 2 atom stereocenters. The highest BCUT2D eigenvalue weighted by Crippen LogP contribution is 2.24. The monoisotopic (exact) mass is 299 g/mol. The molecule has 22 heavy (non-hydrogen) atoms. The topological polar surface area (TPSA) is 73.9 Å². The molecule has 0 radical (unpaired) electrons. The van der Waals surface area contributed by atoms with Crippen LogP contribution >= 0.6 is 0 Å². The minimum atomic E-state index is 0.0356. The summed E-state index contributed by atoms with van der Waals surface area (Å²) in [6.07, 6.45) is 5.38. The first-order valence-electron chi connectivity index (χ1n) is 7.57. The molecule has 0 spiro atoms. The van der Waals surface area contributed by atoms with Gasteiger partial charge in [0.15, 0.2) is 0 Å². The molecule has 1 fully saturated rings. The number of H-pyrrole nitrogens is 1. The van der Waals surface area contributed by atoms with Crippen molar-refractivity contribution in [2.75, 3.05) is 11.9 Å². The lowest BCUT2D eigenvalue weighted by molar-refractivity contribution is -0.130. The molecular weight excluding hydrogens is 278 g/mol. The van der Waals surface area contributed by atoms with Crippen molar-refractivity contribution < 1.29 is 4.79 Å². The zero-order valence-corrected chi connectivity index (χ0v) is 13.0. The summed E-state index contributed by atoms with van der Waals surface area (Å²) in [5.41, 5.74) is 1.40. The van der Waals surface area contributed by atoms with Crippen molar-refractivity contribution in [1.29, 1.82) is 0 Å². The quantitative estimate of drug-likeness (QED) is 0.853. The Kier molecular flexibility index (Phi) is 3.83. The second kappa shape index (κ2) is 5.79. The van der Waals surface area contributed by atoms with Crippen LogP contribution < -0.4 is 5.32 Å². The molecule has 2 unspecified atom stereocenters. The van der Waals surface area contributed by atoms with Crippen LogP contribution in [0.5, 0.6) is 0 Å². The fourth-order valence-corrected chi connectivity index (χ4v) is 2.93. The van der Waals surface area contributed by atoms with E-state index in [4.69, 9.17) is 0 Å². The molecule has 0 aliphatic carbocycles. The van der Waals surface area contributed by atoms with Crippen LogP contribution in [0.4, 0.5) is 5.82 Å². The van der Waals surface area contributed by atoms with E-state index in [1.54, 1.807) is 13.3 Å². The maximum absolute atomic E-state index is 12.2. The van der Waals surface area contributed by atoms with Crippen molar-refractivity contribution in [3.8, 4) is 0 Å². The number of carbonyl (C=O) groups excluding carboxylic acids is 1. The highest BCUT2D eigenvalue weighted by Gasteiger charge is 2.29. The van der Waals surface area contributed by atoms with Crippen LogP contribution in [-0.4, -0.2) is 44.4 Å². The Morgan fingerprint density at radius 2 is 2.27 bits per heavy atom. The summed E-state index contributed by atoms with van der Waals surface area (Å²) < 4.78 is 0. The number of likely N-dealkylation sites (tertiary alicyclic amines) is 1. The minimum absolute atomic E-state index is 0.0356. The summed E-state index contributed by atoms with van der Waals surface area (Å²) in [6.45, 7) is 8.29. The zero-order chi connectivity index (χ0) is 15.7. The molecule has 2 aromatic heterocycles. The van der Waals surface area contributed by atoms with Gasteiger partial charge < -0.3 is 15.2 Å². The molecule has 3 heterocycles. The highest BCUT2D eigenvalue weighted by atomic mass is 16.2. The van der Waals surface area contributed by atoms with Gasteiger partial charge in [0.2, 0.25) is 5.91 Å². The van der Waals surface area contributed by atoms with Gasteiger partial charge in [0.05, 0.1) is 5.39 Å². The highest BCUT2D eigenvalue weighted by molar-refractivity contribution is 5.92. The van der Waals surface area contributed by atoms with Crippen LogP contribution in [0.15, 0.2) is 30.7 Å². The lowest BCUT2D eigenvalue weighted by Crippen LogP contribution is -2.50. The van der Waals surface area contributed by atoms with Crippen LogP contribution in [0.3, 0.4) is 0 Å².